The highest BCUT2D eigenvalue weighted by molar-refractivity contribution is 7.91. The smallest absolute Gasteiger partial charge is 0.152 e. The number of hydrogen-bond donors (Lipinski definition) is 1. The van der Waals surface area contributed by atoms with Crippen LogP contribution in [0.4, 0.5) is 4.39 Å². The van der Waals surface area contributed by atoms with Crippen molar-refractivity contribution in [1.82, 2.24) is 5.32 Å². The molecule has 2 unspecified atom stereocenters. The van der Waals surface area contributed by atoms with E-state index in [2.05, 4.69) is 12.2 Å². The molecule has 2 atom stereocenters. The molecule has 2 rings (SSSR count). The molecule has 1 aliphatic rings. The zero-order valence-electron chi connectivity index (χ0n) is 12.7. The summed E-state index contributed by atoms with van der Waals surface area (Å²) in [6, 6.07) is 6.57. The summed E-state index contributed by atoms with van der Waals surface area (Å²) in [5.41, 5.74) is 0.640. The molecule has 1 aromatic rings. The highest BCUT2D eigenvalue weighted by Crippen LogP contribution is 2.29. The lowest BCUT2D eigenvalue weighted by molar-refractivity contribution is 0.327. The van der Waals surface area contributed by atoms with Crippen LogP contribution in [0.1, 0.15) is 51.1 Å². The van der Waals surface area contributed by atoms with Crippen molar-refractivity contribution < 1.29 is 12.8 Å². The summed E-state index contributed by atoms with van der Waals surface area (Å²) >= 11 is 0. The van der Waals surface area contributed by atoms with Gasteiger partial charge in [-0.3, -0.25) is 0 Å². The Labute approximate surface area is 126 Å². The average Bonchev–Trinajstić information content (AvgIpc) is 2.70. The molecule has 0 radical (unpaired) electrons. The maximum absolute atomic E-state index is 13.1. The first-order valence-electron chi connectivity index (χ1n) is 7.57. The predicted octanol–water partition coefficient (Wildman–Crippen LogP) is 3.22. The Balaban J connectivity index is 2.15. The van der Waals surface area contributed by atoms with E-state index in [0.717, 1.165) is 24.8 Å². The maximum Gasteiger partial charge on any atom is 0.152 e. The molecule has 0 spiro atoms. The van der Waals surface area contributed by atoms with E-state index >= 15 is 0 Å². The highest BCUT2D eigenvalue weighted by atomic mass is 32.2. The van der Waals surface area contributed by atoms with Crippen LogP contribution < -0.4 is 5.32 Å². The van der Waals surface area contributed by atoms with Gasteiger partial charge >= 0.3 is 0 Å². The fraction of sp³-hybridized carbons (Fsp3) is 0.625. The number of hydrogen-bond acceptors (Lipinski definition) is 3. The Bertz CT molecular complexity index is 570. The summed E-state index contributed by atoms with van der Waals surface area (Å²) in [6.07, 6.45) is 3.70. The fourth-order valence-corrected chi connectivity index (χ4v) is 5.07. The van der Waals surface area contributed by atoms with E-state index in [1.165, 1.54) is 12.1 Å². The van der Waals surface area contributed by atoms with Gasteiger partial charge in [-0.2, -0.15) is 0 Å². The lowest BCUT2D eigenvalue weighted by Gasteiger charge is -2.31. The summed E-state index contributed by atoms with van der Waals surface area (Å²) in [5, 5.41) is 3.52. The van der Waals surface area contributed by atoms with Gasteiger partial charge in [-0.25, -0.2) is 12.8 Å². The van der Waals surface area contributed by atoms with E-state index < -0.39 is 9.84 Å². The van der Waals surface area contributed by atoms with Crippen molar-refractivity contribution in [1.29, 1.82) is 0 Å². The summed E-state index contributed by atoms with van der Waals surface area (Å²) in [6.45, 7) is 4.10. The zero-order valence-corrected chi connectivity index (χ0v) is 13.5. The van der Waals surface area contributed by atoms with Gasteiger partial charge in [0, 0.05) is 11.6 Å². The van der Waals surface area contributed by atoms with Gasteiger partial charge in [0.2, 0.25) is 0 Å². The molecule has 1 aromatic carbocycles. The molecule has 1 heterocycles. The topological polar surface area (TPSA) is 46.2 Å². The quantitative estimate of drug-likeness (QED) is 0.877. The number of sulfone groups is 1. The van der Waals surface area contributed by atoms with Crippen molar-refractivity contribution in [3.05, 3.63) is 35.6 Å². The summed E-state index contributed by atoms with van der Waals surface area (Å²) in [7, 11) is -2.93. The summed E-state index contributed by atoms with van der Waals surface area (Å²) in [4.78, 5) is 0. The Morgan fingerprint density at radius 3 is 2.52 bits per heavy atom. The molecule has 0 amide bonds. The average molecular weight is 313 g/mol. The van der Waals surface area contributed by atoms with Crippen molar-refractivity contribution in [3.63, 3.8) is 0 Å². The van der Waals surface area contributed by atoms with Crippen molar-refractivity contribution in [3.8, 4) is 0 Å². The molecule has 5 heteroatoms. The molecule has 1 saturated heterocycles. The molecule has 118 valence electrons. The molecular formula is C16H24FNO2S. The SMILES string of the molecule is CCCCC(NC1(C)CCS(=O)(=O)C1)c1ccc(F)cc1. The Kier molecular flexibility index (Phi) is 5.04. The molecule has 0 aliphatic carbocycles. The second kappa shape index (κ2) is 6.44. The number of nitrogens with one attached hydrogen (secondary N) is 1. The molecule has 0 aromatic heterocycles. The first-order valence-corrected chi connectivity index (χ1v) is 9.39. The van der Waals surface area contributed by atoms with Gasteiger partial charge in [-0.15, -0.1) is 0 Å². The van der Waals surface area contributed by atoms with Gasteiger partial charge in [0.1, 0.15) is 5.82 Å². The molecule has 1 N–H and O–H groups in total. The van der Waals surface area contributed by atoms with Crippen LogP contribution in [0, 0.1) is 5.82 Å². The van der Waals surface area contributed by atoms with Gasteiger partial charge < -0.3 is 5.32 Å². The number of halogens is 1. The van der Waals surface area contributed by atoms with Gasteiger partial charge in [-0.05, 0) is 37.5 Å². The third kappa shape index (κ3) is 4.51. The van der Waals surface area contributed by atoms with Crippen LogP contribution in [0.5, 0.6) is 0 Å². The number of rotatable bonds is 6. The summed E-state index contributed by atoms with van der Waals surface area (Å²) < 4.78 is 36.6. The van der Waals surface area contributed by atoms with Crippen LogP contribution >= 0.6 is 0 Å². The molecule has 21 heavy (non-hydrogen) atoms. The van der Waals surface area contributed by atoms with E-state index in [1.807, 2.05) is 6.92 Å². The molecule has 0 bridgehead atoms. The lowest BCUT2D eigenvalue weighted by Crippen LogP contribution is -2.45. The monoisotopic (exact) mass is 313 g/mol. The third-order valence-corrected chi connectivity index (χ3v) is 6.05. The maximum atomic E-state index is 13.1. The number of unbranched alkanes of at least 4 members (excludes halogenated alkanes) is 1. The van der Waals surface area contributed by atoms with E-state index in [1.54, 1.807) is 12.1 Å². The second-order valence-corrected chi connectivity index (χ2v) is 8.48. The standard InChI is InChI=1S/C16H24FNO2S/c1-3-4-5-15(13-6-8-14(17)9-7-13)18-16(2)10-11-21(19,20)12-16/h6-9,15,18H,3-5,10-12H2,1-2H3. The zero-order chi connectivity index (χ0) is 15.5. The largest absolute Gasteiger partial charge is 0.304 e. The van der Waals surface area contributed by atoms with Crippen LogP contribution in [0.25, 0.3) is 0 Å². The molecule has 0 saturated carbocycles. The van der Waals surface area contributed by atoms with Crippen molar-refractivity contribution >= 4 is 9.84 Å². The van der Waals surface area contributed by atoms with E-state index in [4.69, 9.17) is 0 Å². The van der Waals surface area contributed by atoms with Gasteiger partial charge in [-0.1, -0.05) is 31.9 Å². The Morgan fingerprint density at radius 1 is 1.33 bits per heavy atom. The fourth-order valence-electron chi connectivity index (χ4n) is 2.97. The minimum atomic E-state index is -2.93. The second-order valence-electron chi connectivity index (χ2n) is 6.29. The first kappa shape index (κ1) is 16.4. The highest BCUT2D eigenvalue weighted by Gasteiger charge is 2.39. The van der Waals surface area contributed by atoms with E-state index in [0.29, 0.717) is 6.42 Å². The Morgan fingerprint density at radius 2 is 2.00 bits per heavy atom. The lowest BCUT2D eigenvalue weighted by atomic mass is 9.95. The predicted molar refractivity (Wildman–Crippen MR) is 83.5 cm³/mol. The van der Waals surface area contributed by atoms with Crippen molar-refractivity contribution in [2.24, 2.45) is 0 Å². The normalized spacial score (nSPS) is 25.9. The minimum absolute atomic E-state index is 0.0730. The molecular weight excluding hydrogens is 289 g/mol. The Hall–Kier alpha value is -0.940. The van der Waals surface area contributed by atoms with Crippen molar-refractivity contribution in [2.45, 2.75) is 51.1 Å². The first-order chi connectivity index (χ1) is 9.84. The molecule has 3 nitrogen and oxygen atoms in total. The van der Waals surface area contributed by atoms with Crippen LogP contribution in [0.2, 0.25) is 0 Å². The van der Waals surface area contributed by atoms with E-state index in [9.17, 15) is 12.8 Å². The van der Waals surface area contributed by atoms with Crippen molar-refractivity contribution in [2.75, 3.05) is 11.5 Å². The van der Waals surface area contributed by atoms with Gasteiger partial charge in [0.15, 0.2) is 9.84 Å². The van der Waals surface area contributed by atoms with E-state index in [-0.39, 0.29) is 28.9 Å². The van der Waals surface area contributed by atoms with Gasteiger partial charge in [0.25, 0.3) is 0 Å². The molecule has 1 fully saturated rings. The number of benzene rings is 1. The molecule has 1 aliphatic heterocycles. The van der Waals surface area contributed by atoms with Gasteiger partial charge in [0.05, 0.1) is 11.5 Å². The van der Waals surface area contributed by atoms with Crippen LogP contribution in [-0.2, 0) is 9.84 Å². The van der Waals surface area contributed by atoms with Crippen LogP contribution in [0.3, 0.4) is 0 Å². The third-order valence-electron chi connectivity index (χ3n) is 4.14. The summed E-state index contributed by atoms with van der Waals surface area (Å²) in [5.74, 6) is 0.187. The minimum Gasteiger partial charge on any atom is -0.304 e. The van der Waals surface area contributed by atoms with Crippen LogP contribution in [0.15, 0.2) is 24.3 Å². The van der Waals surface area contributed by atoms with Crippen LogP contribution in [-0.4, -0.2) is 25.5 Å².